The maximum Gasteiger partial charge on any atom is 0.204 e. The largest absolute Gasteiger partial charge is 0.491 e. The van der Waals surface area contributed by atoms with Crippen LogP contribution in [-0.4, -0.2) is 22.3 Å². The van der Waals surface area contributed by atoms with E-state index in [1.54, 1.807) is 17.5 Å². The predicted molar refractivity (Wildman–Crippen MR) is 84.1 cm³/mol. The summed E-state index contributed by atoms with van der Waals surface area (Å²) in [5.41, 5.74) is 5.73. The van der Waals surface area contributed by atoms with Crippen molar-refractivity contribution in [1.29, 1.82) is 0 Å². The second-order valence-electron chi connectivity index (χ2n) is 4.61. The van der Waals surface area contributed by atoms with Gasteiger partial charge >= 0.3 is 0 Å². The topological polar surface area (TPSA) is 59.4 Å². The van der Waals surface area contributed by atoms with Gasteiger partial charge in [0.2, 0.25) is 5.13 Å². The van der Waals surface area contributed by atoms with Crippen molar-refractivity contribution in [3.63, 3.8) is 0 Å². The monoisotopic (exact) mass is 296 g/mol. The van der Waals surface area contributed by atoms with Crippen molar-refractivity contribution in [3.05, 3.63) is 48.3 Å². The number of aromatic nitrogens is 2. The third kappa shape index (κ3) is 2.34. The van der Waals surface area contributed by atoms with Gasteiger partial charge in [-0.15, -0.1) is 0 Å². The van der Waals surface area contributed by atoms with Crippen LogP contribution in [0.3, 0.4) is 0 Å². The van der Waals surface area contributed by atoms with Crippen molar-refractivity contribution in [2.75, 3.05) is 12.0 Å². The van der Waals surface area contributed by atoms with E-state index in [1.807, 2.05) is 30.3 Å². The maximum absolute atomic E-state index is 5.57. The fourth-order valence-corrected chi connectivity index (χ4v) is 3.05. The van der Waals surface area contributed by atoms with Crippen LogP contribution in [0.5, 0.6) is 5.75 Å². The molecule has 3 heterocycles. The molecule has 6 heteroatoms. The third-order valence-electron chi connectivity index (χ3n) is 3.22. The second kappa shape index (κ2) is 5.14. The van der Waals surface area contributed by atoms with Crippen LogP contribution in [0.2, 0.25) is 0 Å². The van der Waals surface area contributed by atoms with E-state index in [0.717, 1.165) is 38.9 Å². The molecular weight excluding hydrogens is 284 g/mol. The van der Waals surface area contributed by atoms with Gasteiger partial charge in [-0.25, -0.2) is 4.98 Å². The molecule has 5 nitrogen and oxygen atoms in total. The number of nitrogens with one attached hydrogen (secondary N) is 1. The lowest BCUT2D eigenvalue weighted by molar-refractivity contribution is 0.318. The zero-order valence-electron chi connectivity index (χ0n) is 11.1. The first-order valence-corrected chi connectivity index (χ1v) is 7.48. The van der Waals surface area contributed by atoms with Crippen molar-refractivity contribution in [1.82, 2.24) is 9.97 Å². The Morgan fingerprint density at radius 2 is 2.14 bits per heavy atom. The molecule has 0 radical (unpaired) electrons. The summed E-state index contributed by atoms with van der Waals surface area (Å²) < 4.78 is 6.71. The Balaban J connectivity index is 1.64. The fourth-order valence-electron chi connectivity index (χ4n) is 2.24. The van der Waals surface area contributed by atoms with E-state index in [-0.39, 0.29) is 0 Å². The van der Waals surface area contributed by atoms with Crippen molar-refractivity contribution in [3.8, 4) is 5.75 Å². The zero-order chi connectivity index (χ0) is 14.1. The molecule has 4 rings (SSSR count). The number of hydrogen-bond donors (Lipinski definition) is 1. The van der Waals surface area contributed by atoms with Crippen LogP contribution in [0.25, 0.3) is 10.2 Å². The molecular formula is C15H12N4OS. The van der Waals surface area contributed by atoms with Crippen molar-refractivity contribution >= 4 is 32.4 Å². The Kier molecular flexibility index (Phi) is 3.01. The average molecular weight is 296 g/mol. The van der Waals surface area contributed by atoms with Crippen LogP contribution in [0.4, 0.5) is 5.13 Å². The van der Waals surface area contributed by atoms with Crippen LogP contribution in [-0.2, 0) is 0 Å². The molecule has 0 spiro atoms. The highest BCUT2D eigenvalue weighted by Gasteiger charge is 2.17. The van der Waals surface area contributed by atoms with Crippen LogP contribution < -0.4 is 10.2 Å². The lowest BCUT2D eigenvalue weighted by Gasteiger charge is -2.17. The smallest absolute Gasteiger partial charge is 0.204 e. The van der Waals surface area contributed by atoms with Gasteiger partial charge in [0.1, 0.15) is 11.4 Å². The van der Waals surface area contributed by atoms with Gasteiger partial charge in [-0.05, 0) is 24.3 Å². The minimum absolute atomic E-state index is 0.624. The van der Waals surface area contributed by atoms with E-state index in [9.17, 15) is 0 Å². The number of anilines is 1. The number of rotatable bonds is 2. The predicted octanol–water partition coefficient (Wildman–Crippen LogP) is 3.29. The summed E-state index contributed by atoms with van der Waals surface area (Å²) >= 11 is 1.59. The highest BCUT2D eigenvalue weighted by molar-refractivity contribution is 7.22. The number of thiazole rings is 1. The molecule has 1 N–H and O–H groups in total. The molecule has 3 aromatic rings. The average Bonchev–Trinajstić information content (AvgIpc) is 2.96. The highest BCUT2D eigenvalue weighted by atomic mass is 32.1. The second-order valence-corrected chi connectivity index (χ2v) is 5.64. The van der Waals surface area contributed by atoms with Gasteiger partial charge in [-0.2, -0.15) is 5.10 Å². The lowest BCUT2D eigenvalue weighted by atomic mass is 10.1. The molecule has 0 aliphatic carbocycles. The van der Waals surface area contributed by atoms with Gasteiger partial charge < -0.3 is 4.74 Å². The third-order valence-corrected chi connectivity index (χ3v) is 4.16. The normalized spacial score (nSPS) is 15.7. The highest BCUT2D eigenvalue weighted by Crippen LogP contribution is 2.26. The number of ether oxygens (including phenoxy) is 1. The molecule has 0 unspecified atom stereocenters. The number of benzene rings is 1. The first kappa shape index (κ1) is 12.3. The van der Waals surface area contributed by atoms with Crippen LogP contribution in [0, 0.1) is 0 Å². The Bertz CT molecular complexity index is 794. The fraction of sp³-hybridized carbons (Fsp3) is 0.133. The molecule has 0 bridgehead atoms. The summed E-state index contributed by atoms with van der Waals surface area (Å²) in [4.78, 5) is 8.84. The Morgan fingerprint density at radius 3 is 3.10 bits per heavy atom. The van der Waals surface area contributed by atoms with Crippen LogP contribution in [0.1, 0.15) is 12.1 Å². The van der Waals surface area contributed by atoms with Gasteiger partial charge in [-0.3, -0.25) is 10.4 Å². The quantitative estimate of drug-likeness (QED) is 0.737. The number of hydrazone groups is 1. The molecule has 104 valence electrons. The SMILES string of the molecule is c1cnc2c(c1)OCC/C2=N\Nc1nc2ccccc2s1. The van der Waals surface area contributed by atoms with Crippen LogP contribution in [0.15, 0.2) is 47.7 Å². The molecule has 0 amide bonds. The van der Waals surface area contributed by atoms with Crippen LogP contribution >= 0.6 is 11.3 Å². The van der Waals surface area contributed by atoms with Gasteiger partial charge in [0.25, 0.3) is 0 Å². The summed E-state index contributed by atoms with van der Waals surface area (Å²) in [6.07, 6.45) is 2.49. The lowest BCUT2D eigenvalue weighted by Crippen LogP contribution is -2.18. The van der Waals surface area contributed by atoms with E-state index >= 15 is 0 Å². The Hall–Kier alpha value is -2.47. The van der Waals surface area contributed by atoms with E-state index in [4.69, 9.17) is 4.74 Å². The van der Waals surface area contributed by atoms with Crippen molar-refractivity contribution < 1.29 is 4.74 Å². The molecule has 1 aromatic carbocycles. The molecule has 2 aromatic heterocycles. The first-order valence-electron chi connectivity index (χ1n) is 6.66. The minimum Gasteiger partial charge on any atom is -0.491 e. The summed E-state index contributed by atoms with van der Waals surface area (Å²) in [5, 5.41) is 5.25. The standard InChI is InChI=1S/C15H12N4OS/c1-2-6-13-10(4-1)17-15(21-13)19-18-11-7-9-20-12-5-3-8-16-14(11)12/h1-6,8H,7,9H2,(H,17,19)/b18-11+. The van der Waals surface area contributed by atoms with Crippen molar-refractivity contribution in [2.45, 2.75) is 6.42 Å². The summed E-state index contributed by atoms with van der Waals surface area (Å²) in [6.45, 7) is 0.624. The first-order chi connectivity index (χ1) is 10.4. The molecule has 0 fully saturated rings. The van der Waals surface area contributed by atoms with Gasteiger partial charge in [0, 0.05) is 12.6 Å². The minimum atomic E-state index is 0.624. The molecule has 21 heavy (non-hydrogen) atoms. The van der Waals surface area contributed by atoms with Gasteiger partial charge in [-0.1, -0.05) is 23.5 Å². The zero-order valence-corrected chi connectivity index (χ0v) is 11.9. The molecule has 1 aliphatic rings. The summed E-state index contributed by atoms with van der Waals surface area (Å²) in [6, 6.07) is 11.8. The Labute approximate surface area is 125 Å². The molecule has 0 atom stereocenters. The van der Waals surface area contributed by atoms with E-state index in [2.05, 4.69) is 26.6 Å². The molecule has 1 aliphatic heterocycles. The van der Waals surface area contributed by atoms with Gasteiger partial charge in [0.05, 0.1) is 22.5 Å². The molecule has 0 saturated carbocycles. The number of pyridine rings is 1. The maximum atomic E-state index is 5.57. The number of hydrogen-bond acceptors (Lipinski definition) is 6. The number of nitrogens with zero attached hydrogens (tertiary/aromatic N) is 3. The summed E-state index contributed by atoms with van der Waals surface area (Å²) in [5.74, 6) is 0.786. The van der Waals surface area contributed by atoms with Gasteiger partial charge in [0.15, 0.2) is 0 Å². The number of fused-ring (bicyclic) bond motifs is 2. The van der Waals surface area contributed by atoms with Crippen molar-refractivity contribution in [2.24, 2.45) is 5.10 Å². The Morgan fingerprint density at radius 1 is 1.19 bits per heavy atom. The van der Waals surface area contributed by atoms with E-state index in [1.165, 1.54) is 0 Å². The number of para-hydroxylation sites is 1. The molecule has 0 saturated heterocycles. The summed E-state index contributed by atoms with van der Waals surface area (Å²) in [7, 11) is 0. The van der Waals surface area contributed by atoms with E-state index < -0.39 is 0 Å². The van der Waals surface area contributed by atoms with E-state index in [0.29, 0.717) is 6.61 Å².